The minimum absolute atomic E-state index is 0.0796. The molecule has 1 aliphatic heterocycles. The first kappa shape index (κ1) is 22.6. The molecule has 2 aromatic carbocycles. The fourth-order valence-corrected chi connectivity index (χ4v) is 7.57. The van der Waals surface area contributed by atoms with Crippen LogP contribution in [0.2, 0.25) is 5.02 Å². The van der Waals surface area contributed by atoms with Crippen molar-refractivity contribution in [3.63, 3.8) is 0 Å². The van der Waals surface area contributed by atoms with Crippen LogP contribution >= 0.6 is 59.4 Å². The molecule has 2 aromatic rings. The molecule has 1 saturated heterocycles. The summed E-state index contributed by atoms with van der Waals surface area (Å²) < 4.78 is 0.906. The predicted molar refractivity (Wildman–Crippen MR) is 131 cm³/mol. The van der Waals surface area contributed by atoms with E-state index in [4.69, 9.17) is 11.6 Å². The average molecular weight is 646 g/mol. The summed E-state index contributed by atoms with van der Waals surface area (Å²) in [6.07, 6.45) is 0.838. The molecule has 2 saturated carbocycles. The van der Waals surface area contributed by atoms with E-state index in [0.717, 1.165) is 21.5 Å². The smallest absolute Gasteiger partial charge is 0.272 e. The van der Waals surface area contributed by atoms with E-state index in [-0.39, 0.29) is 39.8 Å². The zero-order chi connectivity index (χ0) is 22.7. The summed E-state index contributed by atoms with van der Waals surface area (Å²) in [7, 11) is 0. The summed E-state index contributed by atoms with van der Waals surface area (Å²) in [6.45, 7) is 0.108. The van der Waals surface area contributed by atoms with Crippen molar-refractivity contribution >= 4 is 77.1 Å². The van der Waals surface area contributed by atoms with Crippen molar-refractivity contribution in [2.45, 2.75) is 22.6 Å². The number of carbonyl (C=O) groups excluding carboxylic acids is 3. The standard InChI is InChI=1S/C23H18Br3ClN2O3/c24-13-5-1-11(2-6-13)10-28(21(30)12-3-7-14(27)8-4-12)29-22(31)17-15-9-16(18(17)23(29)32)20(26)19(15)25/h1-8,15-20H,9-10H2/t15-,16-,17-,18-,19-,20+/m1/s1. The van der Waals surface area contributed by atoms with Gasteiger partial charge in [-0.05, 0) is 60.2 Å². The van der Waals surface area contributed by atoms with Crippen molar-refractivity contribution in [3.05, 3.63) is 69.2 Å². The Morgan fingerprint density at radius 2 is 1.47 bits per heavy atom. The average Bonchev–Trinajstić information content (AvgIpc) is 3.39. The highest BCUT2D eigenvalue weighted by molar-refractivity contribution is 9.12. The highest BCUT2D eigenvalue weighted by Crippen LogP contribution is 2.60. The second-order valence-corrected chi connectivity index (χ2v) is 12.0. The number of alkyl halides is 2. The normalized spacial score (nSPS) is 30.7. The van der Waals surface area contributed by atoms with Crippen LogP contribution in [0, 0.1) is 23.7 Å². The number of hydrogen-bond acceptors (Lipinski definition) is 3. The van der Waals surface area contributed by atoms with Gasteiger partial charge in [0.25, 0.3) is 17.7 Å². The molecule has 166 valence electrons. The molecule has 9 heteroatoms. The molecule has 6 atom stereocenters. The molecule has 0 aromatic heterocycles. The summed E-state index contributed by atoms with van der Waals surface area (Å²) in [6, 6.07) is 13.9. The first-order chi connectivity index (χ1) is 15.3. The quantitative estimate of drug-likeness (QED) is 0.329. The molecule has 1 heterocycles. The van der Waals surface area contributed by atoms with E-state index in [0.29, 0.717) is 10.6 Å². The summed E-state index contributed by atoms with van der Waals surface area (Å²) in [4.78, 5) is 40.9. The van der Waals surface area contributed by atoms with E-state index in [2.05, 4.69) is 47.8 Å². The largest absolute Gasteiger partial charge is 0.273 e. The summed E-state index contributed by atoms with van der Waals surface area (Å²) in [5, 5.41) is 2.91. The number of hydrogen-bond donors (Lipinski definition) is 0. The van der Waals surface area contributed by atoms with Crippen LogP contribution in [-0.4, -0.2) is 37.4 Å². The van der Waals surface area contributed by atoms with Crippen LogP contribution in [0.1, 0.15) is 22.3 Å². The molecule has 0 radical (unpaired) electrons. The third-order valence-corrected chi connectivity index (χ3v) is 10.8. The third-order valence-electron chi connectivity index (χ3n) is 6.78. The molecule has 5 rings (SSSR count). The lowest BCUT2D eigenvalue weighted by Crippen LogP contribution is -2.50. The number of carbonyl (C=O) groups is 3. The molecule has 3 aliphatic rings. The van der Waals surface area contributed by atoms with Gasteiger partial charge in [-0.1, -0.05) is 71.5 Å². The fourth-order valence-electron chi connectivity index (χ4n) is 5.31. The number of amides is 3. The zero-order valence-corrected chi connectivity index (χ0v) is 22.1. The van der Waals surface area contributed by atoms with E-state index in [1.54, 1.807) is 24.3 Å². The summed E-state index contributed by atoms with van der Waals surface area (Å²) in [5.74, 6) is -1.60. The van der Waals surface area contributed by atoms with Crippen LogP contribution in [0.25, 0.3) is 0 Å². The minimum atomic E-state index is -0.413. The Morgan fingerprint density at radius 3 is 2.00 bits per heavy atom. The molecule has 0 spiro atoms. The van der Waals surface area contributed by atoms with E-state index in [9.17, 15) is 14.4 Å². The summed E-state index contributed by atoms with van der Waals surface area (Å²) >= 11 is 16.8. The Kier molecular flexibility index (Phi) is 6.01. The van der Waals surface area contributed by atoms with Gasteiger partial charge in [0.1, 0.15) is 0 Å². The highest BCUT2D eigenvalue weighted by atomic mass is 79.9. The lowest BCUT2D eigenvalue weighted by molar-refractivity contribution is -0.156. The van der Waals surface area contributed by atoms with Gasteiger partial charge in [0.2, 0.25) is 0 Å². The molecular weight excluding hydrogens is 627 g/mol. The number of rotatable bonds is 4. The van der Waals surface area contributed by atoms with E-state index in [1.807, 2.05) is 24.3 Å². The predicted octanol–water partition coefficient (Wildman–Crippen LogP) is 5.44. The number of fused-ring (bicyclic) bond motifs is 5. The topological polar surface area (TPSA) is 57.7 Å². The summed E-state index contributed by atoms with van der Waals surface area (Å²) in [5.41, 5.74) is 1.18. The molecule has 5 nitrogen and oxygen atoms in total. The van der Waals surface area contributed by atoms with Crippen LogP contribution in [0.3, 0.4) is 0 Å². The first-order valence-electron chi connectivity index (χ1n) is 10.3. The van der Waals surface area contributed by atoms with Gasteiger partial charge in [-0.3, -0.25) is 14.4 Å². The number of hydrazine groups is 1. The van der Waals surface area contributed by atoms with Crippen LogP contribution < -0.4 is 0 Å². The number of imide groups is 1. The lowest BCUT2D eigenvalue weighted by Gasteiger charge is -2.31. The fraction of sp³-hybridized carbons (Fsp3) is 0.348. The molecule has 3 amide bonds. The molecular formula is C23H18Br3ClN2O3. The second-order valence-electron chi connectivity index (χ2n) is 8.49. The van der Waals surface area contributed by atoms with Crippen molar-refractivity contribution in [2.24, 2.45) is 23.7 Å². The minimum Gasteiger partial charge on any atom is -0.272 e. The third kappa shape index (κ3) is 3.58. The highest BCUT2D eigenvalue weighted by Gasteiger charge is 2.67. The maximum Gasteiger partial charge on any atom is 0.273 e. The van der Waals surface area contributed by atoms with Gasteiger partial charge in [0, 0.05) is 24.7 Å². The van der Waals surface area contributed by atoms with Gasteiger partial charge in [-0.2, -0.15) is 5.01 Å². The molecule has 0 unspecified atom stereocenters. The van der Waals surface area contributed by atoms with E-state index < -0.39 is 17.7 Å². The van der Waals surface area contributed by atoms with Gasteiger partial charge in [-0.25, -0.2) is 5.01 Å². The maximum absolute atomic E-state index is 13.6. The molecule has 3 fully saturated rings. The maximum atomic E-state index is 13.6. The lowest BCUT2D eigenvalue weighted by atomic mass is 9.81. The molecule has 2 bridgehead atoms. The Balaban J connectivity index is 1.52. The Morgan fingerprint density at radius 1 is 0.938 bits per heavy atom. The van der Waals surface area contributed by atoms with Crippen molar-refractivity contribution in [1.82, 2.24) is 10.0 Å². The van der Waals surface area contributed by atoms with Crippen LogP contribution in [-0.2, 0) is 16.1 Å². The zero-order valence-electron chi connectivity index (χ0n) is 16.6. The van der Waals surface area contributed by atoms with Gasteiger partial charge in [0.05, 0.1) is 18.4 Å². The van der Waals surface area contributed by atoms with Crippen LogP contribution in [0.4, 0.5) is 0 Å². The molecule has 32 heavy (non-hydrogen) atoms. The molecule has 2 aliphatic carbocycles. The van der Waals surface area contributed by atoms with E-state index in [1.165, 1.54) is 5.01 Å². The number of halogens is 4. The number of benzene rings is 2. The Bertz CT molecular complexity index is 1060. The van der Waals surface area contributed by atoms with E-state index >= 15 is 0 Å². The van der Waals surface area contributed by atoms with Gasteiger partial charge in [-0.15, -0.1) is 0 Å². The van der Waals surface area contributed by atoms with Crippen molar-refractivity contribution in [3.8, 4) is 0 Å². The van der Waals surface area contributed by atoms with Crippen molar-refractivity contribution < 1.29 is 14.4 Å². The van der Waals surface area contributed by atoms with Gasteiger partial charge >= 0.3 is 0 Å². The Labute approximate surface area is 215 Å². The Hall–Kier alpha value is -1.22. The first-order valence-corrected chi connectivity index (χ1v) is 13.3. The monoisotopic (exact) mass is 642 g/mol. The SMILES string of the molecule is O=C(c1ccc(Cl)cc1)N(Cc1ccc(Br)cc1)N1C(=O)[C@@H]2[C@H]3C[C@@H]([C@@H](Br)[C@H]3Br)[C@H]2C1=O. The van der Waals surface area contributed by atoms with Crippen LogP contribution in [0.15, 0.2) is 53.0 Å². The number of nitrogens with zero attached hydrogens (tertiary/aromatic N) is 2. The van der Waals surface area contributed by atoms with Crippen molar-refractivity contribution in [2.75, 3.05) is 0 Å². The van der Waals surface area contributed by atoms with Crippen LogP contribution in [0.5, 0.6) is 0 Å². The van der Waals surface area contributed by atoms with Crippen molar-refractivity contribution in [1.29, 1.82) is 0 Å². The van der Waals surface area contributed by atoms with Gasteiger partial charge in [0.15, 0.2) is 0 Å². The van der Waals surface area contributed by atoms with Gasteiger partial charge < -0.3 is 0 Å². The molecule has 0 N–H and O–H groups in total. The second kappa shape index (κ2) is 8.53.